The Labute approximate surface area is 121 Å². The van der Waals surface area contributed by atoms with Crippen molar-refractivity contribution in [2.45, 2.75) is 57.1 Å². The van der Waals surface area contributed by atoms with Gasteiger partial charge in [0.05, 0.1) is 18.1 Å². The van der Waals surface area contributed by atoms with E-state index < -0.39 is 5.60 Å². The Balaban J connectivity index is 1.71. The van der Waals surface area contributed by atoms with Crippen molar-refractivity contribution in [3.8, 4) is 0 Å². The van der Waals surface area contributed by atoms with Crippen LogP contribution in [0.15, 0.2) is 0 Å². The quantitative estimate of drug-likeness (QED) is 0.744. The van der Waals surface area contributed by atoms with Crippen molar-refractivity contribution in [1.29, 1.82) is 0 Å². The number of rotatable bonds is 5. The Morgan fingerprint density at radius 1 is 1.30 bits per heavy atom. The maximum atomic E-state index is 11.7. The smallest absolute Gasteiger partial charge is 0.308 e. The van der Waals surface area contributed by atoms with Crippen molar-refractivity contribution in [3.05, 3.63) is 0 Å². The standard InChI is InChI=1S/C15H27NO4/c1-2-20-14(17)12-3-7-15(18,8-4-12)11-16-13-5-9-19-10-6-13/h12-13,16,18H,2-11H2,1H3. The Morgan fingerprint density at radius 2 is 1.95 bits per heavy atom. The summed E-state index contributed by atoms with van der Waals surface area (Å²) in [7, 11) is 0. The normalized spacial score (nSPS) is 32.0. The van der Waals surface area contributed by atoms with Gasteiger partial charge in [-0.15, -0.1) is 0 Å². The van der Waals surface area contributed by atoms with Crippen LogP contribution in [-0.2, 0) is 14.3 Å². The lowest BCUT2D eigenvalue weighted by Crippen LogP contribution is -2.48. The molecule has 2 N–H and O–H groups in total. The van der Waals surface area contributed by atoms with Crippen LogP contribution in [0.2, 0.25) is 0 Å². The van der Waals surface area contributed by atoms with E-state index in [0.29, 0.717) is 32.0 Å². The van der Waals surface area contributed by atoms with Crippen LogP contribution in [-0.4, -0.2) is 49.1 Å². The number of carbonyl (C=O) groups excluding carboxylic acids is 1. The van der Waals surface area contributed by atoms with E-state index in [4.69, 9.17) is 9.47 Å². The van der Waals surface area contributed by atoms with Gasteiger partial charge in [0.15, 0.2) is 0 Å². The van der Waals surface area contributed by atoms with Gasteiger partial charge in [0.25, 0.3) is 0 Å². The fraction of sp³-hybridized carbons (Fsp3) is 0.933. The number of hydrogen-bond donors (Lipinski definition) is 2. The number of hydrogen-bond acceptors (Lipinski definition) is 5. The van der Waals surface area contributed by atoms with Crippen LogP contribution in [0.4, 0.5) is 0 Å². The van der Waals surface area contributed by atoms with E-state index in [0.717, 1.165) is 38.9 Å². The average molecular weight is 285 g/mol. The summed E-state index contributed by atoms with van der Waals surface area (Å²) >= 11 is 0. The average Bonchev–Trinajstić information content (AvgIpc) is 2.47. The molecular weight excluding hydrogens is 258 g/mol. The number of carbonyl (C=O) groups is 1. The van der Waals surface area contributed by atoms with E-state index in [-0.39, 0.29) is 11.9 Å². The number of nitrogens with one attached hydrogen (secondary N) is 1. The highest BCUT2D eigenvalue weighted by Crippen LogP contribution is 2.32. The molecule has 2 rings (SSSR count). The van der Waals surface area contributed by atoms with E-state index in [9.17, 15) is 9.90 Å². The van der Waals surface area contributed by atoms with Gasteiger partial charge >= 0.3 is 5.97 Å². The van der Waals surface area contributed by atoms with Gasteiger partial charge < -0.3 is 19.9 Å². The molecule has 0 bridgehead atoms. The third-order valence-electron chi connectivity index (χ3n) is 4.48. The zero-order valence-electron chi connectivity index (χ0n) is 12.4. The maximum Gasteiger partial charge on any atom is 0.308 e. The largest absolute Gasteiger partial charge is 0.466 e. The second-order valence-corrected chi connectivity index (χ2v) is 6.02. The highest BCUT2D eigenvalue weighted by molar-refractivity contribution is 5.72. The summed E-state index contributed by atoms with van der Waals surface area (Å²) in [5.74, 6) is -0.134. The Hall–Kier alpha value is -0.650. The summed E-state index contributed by atoms with van der Waals surface area (Å²) in [5, 5.41) is 14.0. The molecule has 5 heteroatoms. The molecule has 2 fully saturated rings. The molecule has 0 amide bonds. The van der Waals surface area contributed by atoms with Crippen molar-refractivity contribution < 1.29 is 19.4 Å². The Bertz CT molecular complexity index is 307. The molecule has 0 aromatic rings. The summed E-state index contributed by atoms with van der Waals surface area (Å²) in [4.78, 5) is 11.7. The van der Waals surface area contributed by atoms with Crippen LogP contribution in [0.25, 0.3) is 0 Å². The molecule has 1 saturated heterocycles. The zero-order valence-corrected chi connectivity index (χ0v) is 12.4. The van der Waals surface area contributed by atoms with E-state index in [2.05, 4.69) is 5.32 Å². The van der Waals surface area contributed by atoms with Gasteiger partial charge in [0.2, 0.25) is 0 Å². The van der Waals surface area contributed by atoms with Crippen LogP contribution >= 0.6 is 0 Å². The van der Waals surface area contributed by atoms with E-state index >= 15 is 0 Å². The molecule has 20 heavy (non-hydrogen) atoms. The molecule has 1 saturated carbocycles. The van der Waals surface area contributed by atoms with Crippen LogP contribution in [0.5, 0.6) is 0 Å². The minimum Gasteiger partial charge on any atom is -0.466 e. The van der Waals surface area contributed by atoms with Gasteiger partial charge in [0, 0.05) is 25.8 Å². The van der Waals surface area contributed by atoms with Gasteiger partial charge in [-0.25, -0.2) is 0 Å². The van der Waals surface area contributed by atoms with Gasteiger partial charge in [-0.1, -0.05) is 0 Å². The third kappa shape index (κ3) is 4.43. The molecule has 0 unspecified atom stereocenters. The number of esters is 1. The monoisotopic (exact) mass is 285 g/mol. The minimum atomic E-state index is -0.665. The van der Waals surface area contributed by atoms with Crippen LogP contribution in [0.3, 0.4) is 0 Å². The molecule has 0 radical (unpaired) electrons. The number of aliphatic hydroxyl groups is 1. The van der Waals surface area contributed by atoms with Crippen molar-refractivity contribution in [1.82, 2.24) is 5.32 Å². The summed E-state index contributed by atoms with van der Waals surface area (Å²) in [5.41, 5.74) is -0.665. The summed E-state index contributed by atoms with van der Waals surface area (Å²) < 4.78 is 10.4. The highest BCUT2D eigenvalue weighted by atomic mass is 16.5. The van der Waals surface area contributed by atoms with Gasteiger partial charge in [-0.2, -0.15) is 0 Å². The first-order chi connectivity index (χ1) is 9.63. The minimum absolute atomic E-state index is 0.0293. The topological polar surface area (TPSA) is 67.8 Å². The SMILES string of the molecule is CCOC(=O)C1CCC(O)(CNC2CCOCC2)CC1. The molecule has 116 valence electrons. The Morgan fingerprint density at radius 3 is 2.55 bits per heavy atom. The van der Waals surface area contributed by atoms with Crippen LogP contribution in [0, 0.1) is 5.92 Å². The first-order valence-corrected chi connectivity index (χ1v) is 7.83. The van der Waals surface area contributed by atoms with Gasteiger partial charge in [-0.3, -0.25) is 4.79 Å². The molecular formula is C15H27NO4. The van der Waals surface area contributed by atoms with Crippen molar-refractivity contribution in [2.75, 3.05) is 26.4 Å². The molecule has 1 heterocycles. The highest BCUT2D eigenvalue weighted by Gasteiger charge is 2.36. The lowest BCUT2D eigenvalue weighted by Gasteiger charge is -2.37. The van der Waals surface area contributed by atoms with E-state index in [1.165, 1.54) is 0 Å². The first kappa shape index (κ1) is 15.7. The van der Waals surface area contributed by atoms with Gasteiger partial charge in [0.1, 0.15) is 0 Å². The third-order valence-corrected chi connectivity index (χ3v) is 4.48. The molecule has 2 aliphatic rings. The molecule has 1 aliphatic heterocycles. The lowest BCUT2D eigenvalue weighted by atomic mass is 9.78. The lowest BCUT2D eigenvalue weighted by molar-refractivity contribution is -0.151. The fourth-order valence-electron chi connectivity index (χ4n) is 3.06. The van der Waals surface area contributed by atoms with E-state index in [1.807, 2.05) is 6.92 Å². The first-order valence-electron chi connectivity index (χ1n) is 7.83. The predicted octanol–water partition coefficient (Wildman–Crippen LogP) is 1.24. The van der Waals surface area contributed by atoms with Crippen molar-refractivity contribution >= 4 is 5.97 Å². The molecule has 1 aliphatic carbocycles. The fourth-order valence-corrected chi connectivity index (χ4v) is 3.06. The zero-order chi connectivity index (χ0) is 14.4. The second-order valence-electron chi connectivity index (χ2n) is 6.02. The maximum absolute atomic E-state index is 11.7. The van der Waals surface area contributed by atoms with Crippen molar-refractivity contribution in [3.63, 3.8) is 0 Å². The summed E-state index contributed by atoms with van der Waals surface area (Å²) in [6.07, 6.45) is 4.83. The summed E-state index contributed by atoms with van der Waals surface area (Å²) in [6, 6.07) is 0.454. The molecule has 0 aromatic heterocycles. The molecule has 0 atom stereocenters. The number of ether oxygens (including phenoxy) is 2. The Kier molecular flexibility index (Phi) is 5.81. The second kappa shape index (κ2) is 7.38. The van der Waals surface area contributed by atoms with Crippen molar-refractivity contribution in [2.24, 2.45) is 5.92 Å². The van der Waals surface area contributed by atoms with Gasteiger partial charge in [-0.05, 0) is 45.4 Å². The van der Waals surface area contributed by atoms with Crippen LogP contribution < -0.4 is 5.32 Å². The van der Waals surface area contributed by atoms with Crippen LogP contribution in [0.1, 0.15) is 45.4 Å². The molecule has 0 spiro atoms. The summed E-state index contributed by atoms with van der Waals surface area (Å²) in [6.45, 7) is 4.50. The predicted molar refractivity (Wildman–Crippen MR) is 75.4 cm³/mol. The molecule has 0 aromatic carbocycles. The van der Waals surface area contributed by atoms with E-state index in [1.54, 1.807) is 0 Å². The molecule has 5 nitrogen and oxygen atoms in total.